The third-order valence-electron chi connectivity index (χ3n) is 2.69. The summed E-state index contributed by atoms with van der Waals surface area (Å²) in [5.41, 5.74) is 1.42. The van der Waals surface area contributed by atoms with Crippen molar-refractivity contribution in [3.05, 3.63) is 47.9 Å². The van der Waals surface area contributed by atoms with Crippen molar-refractivity contribution in [2.75, 3.05) is 5.32 Å². The van der Waals surface area contributed by atoms with Crippen LogP contribution in [-0.2, 0) is 0 Å². The highest BCUT2D eigenvalue weighted by Crippen LogP contribution is 2.15. The number of nitrogens with zero attached hydrogens (tertiary/aromatic N) is 1. The van der Waals surface area contributed by atoms with Crippen LogP contribution in [0.1, 0.15) is 20.9 Å². The fraction of sp³-hybridized carbons (Fsp3) is 0. The van der Waals surface area contributed by atoms with Crippen LogP contribution in [0.5, 0.6) is 0 Å². The Morgan fingerprint density at radius 2 is 2.10 bits per heavy atom. The number of aromatic amines is 1. The van der Waals surface area contributed by atoms with E-state index in [0.29, 0.717) is 5.52 Å². The van der Waals surface area contributed by atoms with Gasteiger partial charge in [0.25, 0.3) is 5.91 Å². The van der Waals surface area contributed by atoms with E-state index >= 15 is 0 Å². The molecule has 0 spiro atoms. The van der Waals surface area contributed by atoms with Gasteiger partial charge in [0.05, 0.1) is 16.6 Å². The number of aromatic nitrogens is 2. The molecule has 1 amide bonds. The largest absolute Gasteiger partial charge is 0.478 e. The molecule has 0 saturated carbocycles. The number of hydrogen-bond donors (Lipinski definition) is 3. The molecule has 0 atom stereocenters. The maximum absolute atomic E-state index is 11.9. The van der Waals surface area contributed by atoms with Gasteiger partial charge in [0, 0.05) is 6.07 Å². The molecule has 1 aromatic carbocycles. The van der Waals surface area contributed by atoms with E-state index in [1.54, 1.807) is 6.07 Å². The first-order valence-corrected chi connectivity index (χ1v) is 5.71. The summed E-state index contributed by atoms with van der Waals surface area (Å²) < 4.78 is 4.90. The van der Waals surface area contributed by atoms with Gasteiger partial charge in [-0.3, -0.25) is 10.1 Å². The van der Waals surface area contributed by atoms with Crippen LogP contribution < -0.4 is 5.32 Å². The number of imidazole rings is 1. The normalized spacial score (nSPS) is 10.6. The Morgan fingerprint density at radius 1 is 1.30 bits per heavy atom. The van der Waals surface area contributed by atoms with E-state index in [4.69, 9.17) is 9.52 Å². The van der Waals surface area contributed by atoms with E-state index in [0.717, 1.165) is 17.8 Å². The smallest absolute Gasteiger partial charge is 0.338 e. The number of amides is 1. The standard InChI is InChI=1S/C13H9N3O4/c17-11(10-5-7(6-20-10)12(18)19)16-13-14-8-3-1-2-4-9(8)15-13/h1-6H,(H,18,19)(H2,14,15,16,17). The summed E-state index contributed by atoms with van der Waals surface area (Å²) in [5.74, 6) is -1.56. The lowest BCUT2D eigenvalue weighted by Gasteiger charge is -1.96. The van der Waals surface area contributed by atoms with Gasteiger partial charge >= 0.3 is 5.97 Å². The van der Waals surface area contributed by atoms with Crippen molar-refractivity contribution >= 4 is 28.9 Å². The van der Waals surface area contributed by atoms with Gasteiger partial charge in [-0.15, -0.1) is 0 Å². The summed E-state index contributed by atoms with van der Waals surface area (Å²) in [7, 11) is 0. The molecule has 2 heterocycles. The zero-order valence-electron chi connectivity index (χ0n) is 10.1. The second-order valence-corrected chi connectivity index (χ2v) is 4.06. The lowest BCUT2D eigenvalue weighted by atomic mass is 10.3. The summed E-state index contributed by atoms with van der Waals surface area (Å²) in [5, 5.41) is 11.3. The molecule has 7 heteroatoms. The second-order valence-electron chi connectivity index (χ2n) is 4.06. The predicted octanol–water partition coefficient (Wildman–Crippen LogP) is 2.11. The van der Waals surface area contributed by atoms with Gasteiger partial charge in [0.1, 0.15) is 6.26 Å². The van der Waals surface area contributed by atoms with Gasteiger partial charge < -0.3 is 14.5 Å². The second kappa shape index (κ2) is 4.54. The molecule has 0 fully saturated rings. The van der Waals surface area contributed by atoms with E-state index in [1.165, 1.54) is 0 Å². The summed E-state index contributed by atoms with van der Waals surface area (Å²) in [6.45, 7) is 0. The Labute approximate surface area is 112 Å². The molecule has 2 aromatic heterocycles. The van der Waals surface area contributed by atoms with Crippen molar-refractivity contribution in [1.29, 1.82) is 0 Å². The van der Waals surface area contributed by atoms with Crippen molar-refractivity contribution in [2.45, 2.75) is 0 Å². The minimum Gasteiger partial charge on any atom is -0.478 e. The van der Waals surface area contributed by atoms with Gasteiger partial charge in [-0.1, -0.05) is 12.1 Å². The van der Waals surface area contributed by atoms with Crippen LogP contribution >= 0.6 is 0 Å². The Bertz CT molecular complexity index is 770. The van der Waals surface area contributed by atoms with Crippen LogP contribution in [0.2, 0.25) is 0 Å². The van der Waals surface area contributed by atoms with Crippen molar-refractivity contribution < 1.29 is 19.1 Å². The topological polar surface area (TPSA) is 108 Å². The number of aromatic carboxylic acids is 1. The summed E-state index contributed by atoms with van der Waals surface area (Å²) >= 11 is 0. The average Bonchev–Trinajstić information content (AvgIpc) is 3.04. The molecule has 0 unspecified atom stereocenters. The number of nitrogens with one attached hydrogen (secondary N) is 2. The maximum Gasteiger partial charge on any atom is 0.338 e. The van der Waals surface area contributed by atoms with Crippen molar-refractivity contribution in [3.63, 3.8) is 0 Å². The summed E-state index contributed by atoms with van der Waals surface area (Å²) in [6.07, 6.45) is 1.01. The van der Waals surface area contributed by atoms with Crippen molar-refractivity contribution in [3.8, 4) is 0 Å². The zero-order chi connectivity index (χ0) is 14.1. The molecule has 0 radical (unpaired) electrons. The highest BCUT2D eigenvalue weighted by Gasteiger charge is 2.16. The zero-order valence-corrected chi connectivity index (χ0v) is 10.1. The van der Waals surface area contributed by atoms with Crippen LogP contribution in [0, 0.1) is 0 Å². The molecule has 3 aromatic rings. The van der Waals surface area contributed by atoms with Crippen molar-refractivity contribution in [2.24, 2.45) is 0 Å². The molecule has 3 rings (SSSR count). The van der Waals surface area contributed by atoms with E-state index in [2.05, 4.69) is 15.3 Å². The Morgan fingerprint density at radius 3 is 2.80 bits per heavy atom. The van der Waals surface area contributed by atoms with Gasteiger partial charge in [-0.2, -0.15) is 0 Å². The first-order chi connectivity index (χ1) is 9.63. The lowest BCUT2D eigenvalue weighted by molar-refractivity contribution is 0.0696. The fourth-order valence-corrected chi connectivity index (χ4v) is 1.75. The average molecular weight is 271 g/mol. The first kappa shape index (κ1) is 12.0. The molecule has 0 aliphatic rings. The predicted molar refractivity (Wildman–Crippen MR) is 69.7 cm³/mol. The van der Waals surface area contributed by atoms with Gasteiger partial charge in [-0.05, 0) is 12.1 Å². The molecule has 3 N–H and O–H groups in total. The number of carboxylic acid groups (broad SMARTS) is 1. The minimum absolute atomic E-state index is 0.0836. The molecule has 0 aliphatic carbocycles. The number of fused-ring (bicyclic) bond motifs is 1. The third kappa shape index (κ3) is 2.12. The van der Waals surface area contributed by atoms with E-state index < -0.39 is 11.9 Å². The third-order valence-corrected chi connectivity index (χ3v) is 2.69. The lowest BCUT2D eigenvalue weighted by Crippen LogP contribution is -2.12. The first-order valence-electron chi connectivity index (χ1n) is 5.71. The molecule has 100 valence electrons. The molecule has 0 bridgehead atoms. The Kier molecular flexibility index (Phi) is 2.72. The molecule has 0 aliphatic heterocycles. The number of hydrogen-bond acceptors (Lipinski definition) is 4. The maximum atomic E-state index is 11.9. The minimum atomic E-state index is -1.16. The number of benzene rings is 1. The fourth-order valence-electron chi connectivity index (χ4n) is 1.75. The summed E-state index contributed by atoms with van der Waals surface area (Å²) in [6, 6.07) is 8.46. The highest BCUT2D eigenvalue weighted by molar-refractivity contribution is 6.03. The molecule has 7 nitrogen and oxygen atoms in total. The highest BCUT2D eigenvalue weighted by atomic mass is 16.4. The number of carbonyl (C=O) groups is 2. The number of carboxylic acids is 1. The van der Waals surface area contributed by atoms with Crippen molar-refractivity contribution in [1.82, 2.24) is 9.97 Å². The number of anilines is 1. The number of rotatable bonds is 3. The number of furan rings is 1. The van der Waals surface area contributed by atoms with Crippen LogP contribution in [-0.4, -0.2) is 27.0 Å². The van der Waals surface area contributed by atoms with Gasteiger partial charge in [0.15, 0.2) is 5.76 Å². The number of carbonyl (C=O) groups excluding carboxylic acids is 1. The molecular formula is C13H9N3O4. The molecular weight excluding hydrogens is 262 g/mol. The van der Waals surface area contributed by atoms with E-state index in [9.17, 15) is 9.59 Å². The number of para-hydroxylation sites is 2. The van der Waals surface area contributed by atoms with E-state index in [-0.39, 0.29) is 17.3 Å². The number of H-pyrrole nitrogens is 1. The molecule has 0 saturated heterocycles. The van der Waals surface area contributed by atoms with E-state index in [1.807, 2.05) is 18.2 Å². The van der Waals surface area contributed by atoms with Gasteiger partial charge in [-0.25, -0.2) is 9.78 Å². The SMILES string of the molecule is O=C(O)c1coc(C(=O)Nc2nc3ccccc3[nH]2)c1. The van der Waals surface area contributed by atoms with Crippen LogP contribution in [0.25, 0.3) is 11.0 Å². The molecule has 20 heavy (non-hydrogen) atoms. The van der Waals surface area contributed by atoms with Crippen LogP contribution in [0.3, 0.4) is 0 Å². The van der Waals surface area contributed by atoms with Gasteiger partial charge in [0.2, 0.25) is 5.95 Å². The van der Waals surface area contributed by atoms with Crippen LogP contribution in [0.15, 0.2) is 41.0 Å². The Hall–Kier alpha value is -3.09. The van der Waals surface area contributed by atoms with Crippen LogP contribution in [0.4, 0.5) is 5.95 Å². The quantitative estimate of drug-likeness (QED) is 0.676. The summed E-state index contributed by atoms with van der Waals surface area (Å²) in [4.78, 5) is 29.7. The Balaban J connectivity index is 1.82. The monoisotopic (exact) mass is 271 g/mol.